The Morgan fingerprint density at radius 1 is 0.750 bits per heavy atom. The van der Waals surface area contributed by atoms with E-state index >= 15 is 0 Å². The number of hydrogen-bond acceptors (Lipinski definition) is 4. The first-order valence-corrected chi connectivity index (χ1v) is 4.93. The fourth-order valence-corrected chi connectivity index (χ4v) is 1.42. The molecule has 4 heteroatoms. The van der Waals surface area contributed by atoms with Crippen LogP contribution in [0, 0.1) is 0 Å². The summed E-state index contributed by atoms with van der Waals surface area (Å²) in [6.45, 7) is 0. The van der Waals surface area contributed by atoms with E-state index in [2.05, 4.69) is 5.32 Å². The maximum Gasteiger partial charge on any atom is 0.0619 e. The van der Waals surface area contributed by atoms with Crippen molar-refractivity contribution in [2.45, 2.75) is 0 Å². The van der Waals surface area contributed by atoms with Gasteiger partial charge in [0.25, 0.3) is 0 Å². The number of anilines is 5. The van der Waals surface area contributed by atoms with Crippen LogP contribution in [0.15, 0.2) is 42.5 Å². The first-order chi connectivity index (χ1) is 7.65. The minimum absolute atomic E-state index is 0.622. The Kier molecular flexibility index (Phi) is 2.55. The average molecular weight is 214 g/mol. The molecule has 0 fully saturated rings. The van der Waals surface area contributed by atoms with Gasteiger partial charge in [-0.05, 0) is 42.5 Å². The van der Waals surface area contributed by atoms with E-state index < -0.39 is 0 Å². The van der Waals surface area contributed by atoms with E-state index in [9.17, 15) is 0 Å². The van der Waals surface area contributed by atoms with E-state index in [1.165, 1.54) is 0 Å². The van der Waals surface area contributed by atoms with Gasteiger partial charge in [-0.3, -0.25) is 0 Å². The molecule has 0 heterocycles. The lowest BCUT2D eigenvalue weighted by Gasteiger charge is -2.09. The van der Waals surface area contributed by atoms with Crippen molar-refractivity contribution in [2.24, 2.45) is 0 Å². The lowest BCUT2D eigenvalue weighted by atomic mass is 10.2. The Balaban J connectivity index is 2.23. The molecule has 2 aromatic carbocycles. The smallest absolute Gasteiger partial charge is 0.0619 e. The zero-order valence-corrected chi connectivity index (χ0v) is 8.77. The fraction of sp³-hybridized carbons (Fsp3) is 0. The maximum absolute atomic E-state index is 5.83. The molecule has 0 aliphatic carbocycles. The number of nitrogens with two attached hydrogens (primary N) is 3. The number of benzene rings is 2. The van der Waals surface area contributed by atoms with E-state index in [4.69, 9.17) is 17.2 Å². The molecule has 0 aromatic heterocycles. The molecular formula is C12H14N4. The highest BCUT2D eigenvalue weighted by molar-refractivity contribution is 5.75. The molecule has 0 atom stereocenters. The first kappa shape index (κ1) is 10.2. The topological polar surface area (TPSA) is 90.1 Å². The summed E-state index contributed by atoms with van der Waals surface area (Å²) in [6, 6.07) is 12.8. The predicted octanol–water partition coefficient (Wildman–Crippen LogP) is 2.18. The van der Waals surface area contributed by atoms with Crippen molar-refractivity contribution in [1.29, 1.82) is 0 Å². The minimum Gasteiger partial charge on any atom is -0.399 e. The van der Waals surface area contributed by atoms with Gasteiger partial charge in [0.1, 0.15) is 0 Å². The molecule has 0 spiro atoms. The largest absolute Gasteiger partial charge is 0.399 e. The molecule has 7 N–H and O–H groups in total. The van der Waals surface area contributed by atoms with E-state index in [0.717, 1.165) is 17.1 Å². The van der Waals surface area contributed by atoms with Crippen molar-refractivity contribution in [3.63, 3.8) is 0 Å². The Morgan fingerprint density at radius 2 is 1.38 bits per heavy atom. The second-order valence-corrected chi connectivity index (χ2v) is 3.59. The summed E-state index contributed by atoms with van der Waals surface area (Å²) in [5, 5.41) is 3.19. The Labute approximate surface area is 94.1 Å². The summed E-state index contributed by atoms with van der Waals surface area (Å²) in [7, 11) is 0. The van der Waals surface area contributed by atoms with Gasteiger partial charge in [-0.2, -0.15) is 0 Å². The summed E-state index contributed by atoms with van der Waals surface area (Å²) >= 11 is 0. The average Bonchev–Trinajstić information content (AvgIpc) is 2.25. The quantitative estimate of drug-likeness (QED) is 0.577. The molecule has 82 valence electrons. The normalized spacial score (nSPS) is 10.0. The highest BCUT2D eigenvalue weighted by Crippen LogP contribution is 2.25. The summed E-state index contributed by atoms with van der Waals surface area (Å²) in [5.41, 5.74) is 20.8. The number of nitrogens with one attached hydrogen (secondary N) is 1. The van der Waals surface area contributed by atoms with Gasteiger partial charge < -0.3 is 22.5 Å². The second-order valence-electron chi connectivity index (χ2n) is 3.59. The fourth-order valence-electron chi connectivity index (χ4n) is 1.42. The molecule has 0 bridgehead atoms. The molecule has 0 radical (unpaired) electrons. The standard InChI is InChI=1S/C12H14N4/c13-8-1-4-10(5-2-8)16-12-6-3-9(14)7-11(12)15/h1-7,16H,13-15H2. The van der Waals surface area contributed by atoms with Crippen molar-refractivity contribution < 1.29 is 0 Å². The van der Waals surface area contributed by atoms with Gasteiger partial charge >= 0.3 is 0 Å². The summed E-state index contributed by atoms with van der Waals surface area (Å²) in [6.07, 6.45) is 0. The lowest BCUT2D eigenvalue weighted by Crippen LogP contribution is -1.97. The predicted molar refractivity (Wildman–Crippen MR) is 69.4 cm³/mol. The van der Waals surface area contributed by atoms with E-state index in [1.807, 2.05) is 30.3 Å². The van der Waals surface area contributed by atoms with Gasteiger partial charge in [-0.25, -0.2) is 0 Å². The molecule has 0 aliphatic rings. The van der Waals surface area contributed by atoms with Crippen LogP contribution in [0.3, 0.4) is 0 Å². The van der Waals surface area contributed by atoms with E-state index in [-0.39, 0.29) is 0 Å². The number of rotatable bonds is 2. The highest BCUT2D eigenvalue weighted by atomic mass is 14.9. The third-order valence-electron chi connectivity index (χ3n) is 2.27. The van der Waals surface area contributed by atoms with Crippen molar-refractivity contribution in [3.8, 4) is 0 Å². The molecule has 2 aromatic rings. The molecule has 16 heavy (non-hydrogen) atoms. The van der Waals surface area contributed by atoms with Crippen LogP contribution in [0.2, 0.25) is 0 Å². The van der Waals surface area contributed by atoms with Gasteiger partial charge in [0.2, 0.25) is 0 Å². The van der Waals surface area contributed by atoms with Crippen LogP contribution in [0.25, 0.3) is 0 Å². The van der Waals surface area contributed by atoms with Crippen molar-refractivity contribution in [1.82, 2.24) is 0 Å². The van der Waals surface area contributed by atoms with Crippen LogP contribution in [-0.2, 0) is 0 Å². The third kappa shape index (κ3) is 2.17. The molecule has 2 rings (SSSR count). The molecule has 0 aliphatic heterocycles. The van der Waals surface area contributed by atoms with Crippen LogP contribution in [0.1, 0.15) is 0 Å². The van der Waals surface area contributed by atoms with Gasteiger partial charge in [-0.15, -0.1) is 0 Å². The summed E-state index contributed by atoms with van der Waals surface area (Å²) < 4.78 is 0. The van der Waals surface area contributed by atoms with E-state index in [1.54, 1.807) is 12.1 Å². The Bertz CT molecular complexity index is 491. The Hall–Kier alpha value is -2.36. The summed E-state index contributed by atoms with van der Waals surface area (Å²) in [4.78, 5) is 0. The molecular weight excluding hydrogens is 200 g/mol. The zero-order chi connectivity index (χ0) is 11.5. The van der Waals surface area contributed by atoms with Gasteiger partial charge in [-0.1, -0.05) is 0 Å². The van der Waals surface area contributed by atoms with Crippen LogP contribution in [-0.4, -0.2) is 0 Å². The van der Waals surface area contributed by atoms with Gasteiger partial charge in [0, 0.05) is 17.1 Å². The lowest BCUT2D eigenvalue weighted by molar-refractivity contribution is 1.54. The Morgan fingerprint density at radius 3 is 2.00 bits per heavy atom. The van der Waals surface area contributed by atoms with Crippen LogP contribution in [0.4, 0.5) is 28.4 Å². The van der Waals surface area contributed by atoms with E-state index in [0.29, 0.717) is 11.4 Å². The maximum atomic E-state index is 5.83. The number of nitrogen functional groups attached to an aromatic ring is 3. The molecule has 4 nitrogen and oxygen atoms in total. The zero-order valence-electron chi connectivity index (χ0n) is 8.77. The molecule has 0 saturated carbocycles. The van der Waals surface area contributed by atoms with Crippen molar-refractivity contribution in [3.05, 3.63) is 42.5 Å². The van der Waals surface area contributed by atoms with Gasteiger partial charge in [0.15, 0.2) is 0 Å². The second kappa shape index (κ2) is 4.02. The third-order valence-corrected chi connectivity index (χ3v) is 2.27. The molecule has 0 unspecified atom stereocenters. The van der Waals surface area contributed by atoms with Crippen LogP contribution in [0.5, 0.6) is 0 Å². The first-order valence-electron chi connectivity index (χ1n) is 4.93. The monoisotopic (exact) mass is 214 g/mol. The SMILES string of the molecule is Nc1ccc(Nc2ccc(N)cc2N)cc1. The summed E-state index contributed by atoms with van der Waals surface area (Å²) in [5.74, 6) is 0. The highest BCUT2D eigenvalue weighted by Gasteiger charge is 1.99. The van der Waals surface area contributed by atoms with Crippen molar-refractivity contribution >= 4 is 28.4 Å². The minimum atomic E-state index is 0.622. The van der Waals surface area contributed by atoms with Crippen LogP contribution < -0.4 is 22.5 Å². The van der Waals surface area contributed by atoms with Crippen molar-refractivity contribution in [2.75, 3.05) is 22.5 Å². The molecule has 0 amide bonds. The van der Waals surface area contributed by atoms with Gasteiger partial charge in [0.05, 0.1) is 11.4 Å². The molecule has 0 saturated heterocycles. The number of hydrogen-bond donors (Lipinski definition) is 4. The van der Waals surface area contributed by atoms with Crippen LogP contribution >= 0.6 is 0 Å².